The van der Waals surface area contributed by atoms with Crippen LogP contribution in [-0.4, -0.2) is 34.8 Å². The quantitative estimate of drug-likeness (QED) is 0.694. The summed E-state index contributed by atoms with van der Waals surface area (Å²) < 4.78 is 0. The van der Waals surface area contributed by atoms with E-state index in [1.165, 1.54) is 0 Å². The molecule has 0 aromatic heterocycles. The molecule has 0 aromatic rings. The Morgan fingerprint density at radius 1 is 1.23 bits per heavy atom. The van der Waals surface area contributed by atoms with E-state index in [9.17, 15) is 5.11 Å². The van der Waals surface area contributed by atoms with Crippen LogP contribution >= 0.6 is 11.8 Å². The van der Waals surface area contributed by atoms with E-state index in [2.05, 4.69) is 26.1 Å². The van der Waals surface area contributed by atoms with Gasteiger partial charge in [0, 0.05) is 16.5 Å². The van der Waals surface area contributed by atoms with Crippen molar-refractivity contribution in [2.45, 2.75) is 56.8 Å². The molecule has 0 heterocycles. The van der Waals surface area contributed by atoms with Crippen LogP contribution in [-0.2, 0) is 0 Å². The van der Waals surface area contributed by atoms with E-state index < -0.39 is 0 Å². The summed E-state index contributed by atoms with van der Waals surface area (Å²) in [7, 11) is 2.00. The highest BCUT2D eigenvalue weighted by Crippen LogP contribution is 2.23. The molecule has 13 heavy (non-hydrogen) atoms. The first-order chi connectivity index (χ1) is 6.02. The van der Waals surface area contributed by atoms with Crippen molar-refractivity contribution in [1.82, 2.24) is 5.32 Å². The van der Waals surface area contributed by atoms with E-state index in [1.54, 1.807) is 0 Å². The molecular weight excluding hydrogens is 182 g/mol. The van der Waals surface area contributed by atoms with Gasteiger partial charge < -0.3 is 10.4 Å². The van der Waals surface area contributed by atoms with E-state index in [-0.39, 0.29) is 6.10 Å². The van der Waals surface area contributed by atoms with E-state index in [0.29, 0.717) is 16.5 Å². The van der Waals surface area contributed by atoms with Gasteiger partial charge in [-0.05, 0) is 20.4 Å². The second-order valence-corrected chi connectivity index (χ2v) is 5.35. The molecule has 0 bridgehead atoms. The van der Waals surface area contributed by atoms with Gasteiger partial charge in [0.25, 0.3) is 0 Å². The fraction of sp³-hybridized carbons (Fsp3) is 1.00. The van der Waals surface area contributed by atoms with Crippen LogP contribution in [0.4, 0.5) is 0 Å². The maximum Gasteiger partial charge on any atom is 0.0628 e. The lowest BCUT2D eigenvalue weighted by Gasteiger charge is -2.25. The van der Waals surface area contributed by atoms with E-state index in [0.717, 1.165) is 6.42 Å². The minimum Gasteiger partial charge on any atom is -0.392 e. The van der Waals surface area contributed by atoms with Crippen molar-refractivity contribution in [3.8, 4) is 0 Å². The SMILES string of the molecule is CCC(NC)C(C)SC(C)C(C)O. The highest BCUT2D eigenvalue weighted by molar-refractivity contribution is 8.00. The largest absolute Gasteiger partial charge is 0.392 e. The molecule has 0 aliphatic carbocycles. The first kappa shape index (κ1) is 13.3. The van der Waals surface area contributed by atoms with Crippen molar-refractivity contribution in [2.24, 2.45) is 0 Å². The van der Waals surface area contributed by atoms with Gasteiger partial charge in [-0.2, -0.15) is 11.8 Å². The van der Waals surface area contributed by atoms with E-state index in [4.69, 9.17) is 0 Å². The number of hydrogen-bond donors (Lipinski definition) is 2. The monoisotopic (exact) mass is 205 g/mol. The van der Waals surface area contributed by atoms with Crippen molar-refractivity contribution in [2.75, 3.05) is 7.05 Å². The third-order valence-corrected chi connectivity index (χ3v) is 4.07. The summed E-state index contributed by atoms with van der Waals surface area (Å²) in [6.45, 7) is 8.33. The molecular formula is C10H23NOS. The van der Waals surface area contributed by atoms with Crippen molar-refractivity contribution in [3.63, 3.8) is 0 Å². The molecule has 4 atom stereocenters. The number of aliphatic hydroxyl groups excluding tert-OH is 1. The second kappa shape index (κ2) is 6.68. The Balaban J connectivity index is 3.89. The summed E-state index contributed by atoms with van der Waals surface area (Å²) >= 11 is 1.85. The maximum absolute atomic E-state index is 9.36. The topological polar surface area (TPSA) is 32.3 Å². The molecule has 0 saturated carbocycles. The van der Waals surface area contributed by atoms with Gasteiger partial charge >= 0.3 is 0 Å². The predicted octanol–water partition coefficient (Wildman–Crippen LogP) is 1.88. The standard InChI is InChI=1S/C10H23NOS/c1-6-10(11-5)9(4)13-8(3)7(2)12/h7-12H,6H2,1-5H3. The number of thioether (sulfide) groups is 1. The fourth-order valence-electron chi connectivity index (χ4n) is 1.32. The number of aliphatic hydroxyl groups is 1. The van der Waals surface area contributed by atoms with Crippen LogP contribution < -0.4 is 5.32 Å². The lowest BCUT2D eigenvalue weighted by Crippen LogP contribution is -2.35. The van der Waals surface area contributed by atoms with Gasteiger partial charge in [0.1, 0.15) is 0 Å². The first-order valence-corrected chi connectivity index (χ1v) is 5.98. The predicted molar refractivity (Wildman–Crippen MR) is 61.3 cm³/mol. The van der Waals surface area contributed by atoms with Gasteiger partial charge in [-0.15, -0.1) is 0 Å². The summed E-state index contributed by atoms with van der Waals surface area (Å²) in [5, 5.41) is 13.5. The zero-order valence-electron chi connectivity index (χ0n) is 9.37. The zero-order valence-corrected chi connectivity index (χ0v) is 10.2. The molecule has 0 rings (SSSR count). The second-order valence-electron chi connectivity index (χ2n) is 3.59. The minimum absolute atomic E-state index is 0.221. The Morgan fingerprint density at radius 3 is 2.08 bits per heavy atom. The third kappa shape index (κ3) is 4.89. The Labute approximate surface area is 86.5 Å². The third-order valence-electron chi connectivity index (χ3n) is 2.49. The van der Waals surface area contributed by atoms with Crippen LogP contribution in [0.25, 0.3) is 0 Å². The minimum atomic E-state index is -0.221. The van der Waals surface area contributed by atoms with Crippen LogP contribution in [0.1, 0.15) is 34.1 Å². The first-order valence-electron chi connectivity index (χ1n) is 5.03. The summed E-state index contributed by atoms with van der Waals surface area (Å²) in [5.74, 6) is 0. The zero-order chi connectivity index (χ0) is 10.4. The molecule has 3 heteroatoms. The summed E-state index contributed by atoms with van der Waals surface area (Å²) in [4.78, 5) is 0. The summed E-state index contributed by atoms with van der Waals surface area (Å²) in [6.07, 6.45) is 0.916. The normalized spacial score (nSPS) is 20.8. The molecule has 2 nitrogen and oxygen atoms in total. The van der Waals surface area contributed by atoms with Crippen molar-refractivity contribution in [3.05, 3.63) is 0 Å². The van der Waals surface area contributed by atoms with Crippen LogP contribution in [0.2, 0.25) is 0 Å². The molecule has 4 unspecified atom stereocenters. The van der Waals surface area contributed by atoms with Crippen LogP contribution in [0, 0.1) is 0 Å². The molecule has 0 fully saturated rings. The maximum atomic E-state index is 9.36. The summed E-state index contributed by atoms with van der Waals surface area (Å²) in [6, 6.07) is 0.547. The van der Waals surface area contributed by atoms with Crippen LogP contribution in [0.3, 0.4) is 0 Å². The molecule has 0 aliphatic heterocycles. The Morgan fingerprint density at radius 2 is 1.77 bits per heavy atom. The fourth-order valence-corrected chi connectivity index (χ4v) is 2.74. The molecule has 0 amide bonds. The van der Waals surface area contributed by atoms with Crippen molar-refractivity contribution in [1.29, 1.82) is 0 Å². The van der Waals surface area contributed by atoms with E-state index in [1.807, 2.05) is 25.7 Å². The average molecular weight is 205 g/mol. The van der Waals surface area contributed by atoms with Gasteiger partial charge in [0.2, 0.25) is 0 Å². The van der Waals surface area contributed by atoms with Gasteiger partial charge in [0.05, 0.1) is 6.10 Å². The highest BCUT2D eigenvalue weighted by Gasteiger charge is 2.19. The Kier molecular flexibility index (Phi) is 6.82. The molecule has 2 N–H and O–H groups in total. The summed E-state index contributed by atoms with van der Waals surface area (Å²) in [5.41, 5.74) is 0. The van der Waals surface area contributed by atoms with E-state index >= 15 is 0 Å². The highest BCUT2D eigenvalue weighted by atomic mass is 32.2. The number of rotatable bonds is 6. The number of nitrogens with one attached hydrogen (secondary N) is 1. The molecule has 0 spiro atoms. The van der Waals surface area contributed by atoms with Crippen molar-refractivity contribution >= 4 is 11.8 Å². The van der Waals surface area contributed by atoms with Crippen LogP contribution in [0.15, 0.2) is 0 Å². The smallest absolute Gasteiger partial charge is 0.0628 e. The molecule has 0 aromatic carbocycles. The van der Waals surface area contributed by atoms with Gasteiger partial charge in [-0.1, -0.05) is 20.8 Å². The Hall–Kier alpha value is 0.270. The van der Waals surface area contributed by atoms with Gasteiger partial charge in [-0.25, -0.2) is 0 Å². The van der Waals surface area contributed by atoms with Crippen molar-refractivity contribution < 1.29 is 5.11 Å². The Bertz CT molecular complexity index is 126. The van der Waals surface area contributed by atoms with Gasteiger partial charge in [-0.3, -0.25) is 0 Å². The number of hydrogen-bond acceptors (Lipinski definition) is 3. The molecule has 0 aliphatic rings. The average Bonchev–Trinajstić information content (AvgIpc) is 2.06. The molecule has 80 valence electrons. The van der Waals surface area contributed by atoms with Gasteiger partial charge in [0.15, 0.2) is 0 Å². The molecule has 0 saturated heterocycles. The van der Waals surface area contributed by atoms with Crippen LogP contribution in [0.5, 0.6) is 0 Å². The lowest BCUT2D eigenvalue weighted by atomic mass is 10.2. The molecule has 0 radical (unpaired) electrons. The lowest BCUT2D eigenvalue weighted by molar-refractivity contribution is 0.196.